The van der Waals surface area contributed by atoms with E-state index in [2.05, 4.69) is 21.8 Å². The maximum Gasteiger partial charge on any atom is 0.272 e. The minimum atomic E-state index is -0.249. The first kappa shape index (κ1) is 19.4. The minimum absolute atomic E-state index is 0.159. The van der Waals surface area contributed by atoms with Crippen LogP contribution in [0.4, 0.5) is 5.69 Å². The molecule has 0 bridgehead atoms. The molecule has 1 N–H and O–H groups in total. The van der Waals surface area contributed by atoms with Crippen molar-refractivity contribution in [2.45, 2.75) is 0 Å². The molecule has 0 aliphatic carbocycles. The number of hydrogen-bond acceptors (Lipinski definition) is 5. The van der Waals surface area contributed by atoms with Gasteiger partial charge in [-0.15, -0.1) is 6.58 Å². The molecule has 0 radical (unpaired) electrons. The van der Waals surface area contributed by atoms with Crippen molar-refractivity contribution >= 4 is 17.5 Å². The summed E-state index contributed by atoms with van der Waals surface area (Å²) >= 11 is 0. The zero-order chi connectivity index (χ0) is 19.9. The Morgan fingerprint density at radius 1 is 1.18 bits per heavy atom. The molecule has 0 atom stereocenters. The molecule has 7 nitrogen and oxygen atoms in total. The molecule has 2 amide bonds. The van der Waals surface area contributed by atoms with Crippen molar-refractivity contribution in [3.8, 4) is 5.75 Å². The highest BCUT2D eigenvalue weighted by Crippen LogP contribution is 2.21. The summed E-state index contributed by atoms with van der Waals surface area (Å²) in [5.41, 5.74) is 1.80. The summed E-state index contributed by atoms with van der Waals surface area (Å²) in [7, 11) is 1.64. The zero-order valence-electron chi connectivity index (χ0n) is 15.9. The zero-order valence-corrected chi connectivity index (χ0v) is 15.9. The number of hydrogen-bond donors (Lipinski definition) is 1. The predicted molar refractivity (Wildman–Crippen MR) is 108 cm³/mol. The van der Waals surface area contributed by atoms with Gasteiger partial charge in [0.15, 0.2) is 0 Å². The molecule has 7 heteroatoms. The fourth-order valence-corrected chi connectivity index (χ4v) is 3.08. The number of piperazine rings is 1. The monoisotopic (exact) mass is 380 g/mol. The van der Waals surface area contributed by atoms with Gasteiger partial charge in [0, 0.05) is 50.2 Å². The quantitative estimate of drug-likeness (QED) is 0.776. The lowest BCUT2D eigenvalue weighted by Crippen LogP contribution is -2.49. The van der Waals surface area contributed by atoms with Crippen molar-refractivity contribution in [2.24, 2.45) is 0 Å². The highest BCUT2D eigenvalue weighted by atomic mass is 16.5. The molecule has 0 unspecified atom stereocenters. The molecule has 1 aromatic carbocycles. The van der Waals surface area contributed by atoms with Gasteiger partial charge in [-0.2, -0.15) is 0 Å². The largest absolute Gasteiger partial charge is 0.497 e. The highest BCUT2D eigenvalue weighted by Gasteiger charge is 2.23. The normalized spacial score (nSPS) is 13.8. The number of carbonyl (C=O) groups excluding carboxylic acids is 2. The average Bonchev–Trinajstić information content (AvgIpc) is 2.77. The number of methoxy groups -OCH3 is 1. The lowest BCUT2D eigenvalue weighted by atomic mass is 10.2. The van der Waals surface area contributed by atoms with Gasteiger partial charge in [0.1, 0.15) is 11.4 Å². The Balaban J connectivity index is 1.61. The third-order valence-corrected chi connectivity index (χ3v) is 4.65. The van der Waals surface area contributed by atoms with Gasteiger partial charge >= 0.3 is 0 Å². The molecular weight excluding hydrogens is 356 g/mol. The Kier molecular flexibility index (Phi) is 6.26. The van der Waals surface area contributed by atoms with E-state index in [9.17, 15) is 9.59 Å². The lowest BCUT2D eigenvalue weighted by Gasteiger charge is -2.36. The number of ether oxygens (including phenoxy) is 1. The molecular formula is C21H24N4O3. The van der Waals surface area contributed by atoms with E-state index in [4.69, 9.17) is 4.74 Å². The lowest BCUT2D eigenvalue weighted by molar-refractivity contribution is 0.0741. The number of aromatic nitrogens is 1. The number of carbonyl (C=O) groups is 2. The predicted octanol–water partition coefficient (Wildman–Crippen LogP) is 1.97. The second-order valence-electron chi connectivity index (χ2n) is 6.41. The second-order valence-corrected chi connectivity index (χ2v) is 6.41. The van der Waals surface area contributed by atoms with Gasteiger partial charge in [0.25, 0.3) is 11.8 Å². The standard InChI is InChI=1S/C21H24N4O3/c1-3-9-23-20(26)16-8-10-22-19(15-16)21(27)25-13-11-24(12-14-25)17-4-6-18(28-2)7-5-17/h3-8,10,15H,1,9,11-14H2,2H3,(H,23,26). The third kappa shape index (κ3) is 4.49. The SMILES string of the molecule is C=CCNC(=O)c1ccnc(C(=O)N2CCN(c3ccc(OC)cc3)CC2)c1. The molecule has 1 aliphatic rings. The van der Waals surface area contributed by atoms with Crippen molar-refractivity contribution in [1.29, 1.82) is 0 Å². The summed E-state index contributed by atoms with van der Waals surface area (Å²) < 4.78 is 5.19. The minimum Gasteiger partial charge on any atom is -0.497 e. The van der Waals surface area contributed by atoms with Gasteiger partial charge in [-0.1, -0.05) is 6.08 Å². The van der Waals surface area contributed by atoms with Crippen LogP contribution in [-0.2, 0) is 0 Å². The Hall–Kier alpha value is -3.35. The van der Waals surface area contributed by atoms with E-state index in [0.717, 1.165) is 24.5 Å². The van der Waals surface area contributed by atoms with Crippen LogP contribution < -0.4 is 15.0 Å². The van der Waals surface area contributed by atoms with E-state index in [1.54, 1.807) is 24.2 Å². The van der Waals surface area contributed by atoms with Crippen molar-refractivity contribution < 1.29 is 14.3 Å². The van der Waals surface area contributed by atoms with Crippen molar-refractivity contribution in [1.82, 2.24) is 15.2 Å². The van der Waals surface area contributed by atoms with Crippen LogP contribution in [0.5, 0.6) is 5.75 Å². The molecule has 1 fully saturated rings. The average molecular weight is 380 g/mol. The second kappa shape index (κ2) is 9.03. The summed E-state index contributed by atoms with van der Waals surface area (Å²) in [5, 5.41) is 2.70. The van der Waals surface area contributed by atoms with Crippen LogP contribution in [0.25, 0.3) is 0 Å². The summed E-state index contributed by atoms with van der Waals surface area (Å²) in [6.07, 6.45) is 3.09. The third-order valence-electron chi connectivity index (χ3n) is 4.65. The maximum atomic E-state index is 12.8. The number of nitrogens with one attached hydrogen (secondary N) is 1. The summed E-state index contributed by atoms with van der Waals surface area (Å²) in [5.74, 6) is 0.411. The molecule has 1 aliphatic heterocycles. The van der Waals surface area contributed by atoms with E-state index in [0.29, 0.717) is 25.2 Å². The van der Waals surface area contributed by atoms with Crippen LogP contribution in [0, 0.1) is 0 Å². The first-order valence-corrected chi connectivity index (χ1v) is 9.16. The Morgan fingerprint density at radius 2 is 1.89 bits per heavy atom. The van der Waals surface area contributed by atoms with Crippen molar-refractivity contribution in [3.63, 3.8) is 0 Å². The fraction of sp³-hybridized carbons (Fsp3) is 0.286. The molecule has 3 rings (SSSR count). The van der Waals surface area contributed by atoms with Gasteiger partial charge in [0.2, 0.25) is 0 Å². The van der Waals surface area contributed by atoms with Crippen LogP contribution in [0.2, 0.25) is 0 Å². The molecule has 146 valence electrons. The highest BCUT2D eigenvalue weighted by molar-refractivity contribution is 5.98. The van der Waals surface area contributed by atoms with Crippen molar-refractivity contribution in [3.05, 3.63) is 66.5 Å². The van der Waals surface area contributed by atoms with E-state index in [1.165, 1.54) is 12.3 Å². The van der Waals surface area contributed by atoms with Gasteiger partial charge < -0.3 is 19.9 Å². The van der Waals surface area contributed by atoms with Crippen molar-refractivity contribution in [2.75, 3.05) is 44.7 Å². The number of nitrogens with zero attached hydrogens (tertiary/aromatic N) is 3. The topological polar surface area (TPSA) is 74.8 Å². The van der Waals surface area contributed by atoms with Crippen LogP contribution >= 0.6 is 0 Å². The number of benzene rings is 1. The molecule has 28 heavy (non-hydrogen) atoms. The first-order chi connectivity index (χ1) is 13.6. The molecule has 0 saturated carbocycles. The molecule has 0 spiro atoms. The van der Waals surface area contributed by atoms with E-state index in [1.807, 2.05) is 24.3 Å². The summed E-state index contributed by atoms with van der Waals surface area (Å²) in [6, 6.07) is 11.0. The first-order valence-electron chi connectivity index (χ1n) is 9.16. The number of rotatable bonds is 6. The number of amides is 2. The van der Waals surface area contributed by atoms with E-state index >= 15 is 0 Å². The van der Waals surface area contributed by atoms with Crippen LogP contribution in [0.3, 0.4) is 0 Å². The van der Waals surface area contributed by atoms with Gasteiger partial charge in [-0.3, -0.25) is 14.6 Å². The molecule has 2 heterocycles. The number of anilines is 1. The van der Waals surface area contributed by atoms with E-state index < -0.39 is 0 Å². The van der Waals surface area contributed by atoms with Gasteiger partial charge in [0.05, 0.1) is 7.11 Å². The number of pyridine rings is 1. The van der Waals surface area contributed by atoms with Crippen LogP contribution in [0.15, 0.2) is 55.3 Å². The fourth-order valence-electron chi connectivity index (χ4n) is 3.08. The van der Waals surface area contributed by atoms with E-state index in [-0.39, 0.29) is 17.5 Å². The summed E-state index contributed by atoms with van der Waals surface area (Å²) in [4.78, 5) is 33.0. The summed E-state index contributed by atoms with van der Waals surface area (Å²) in [6.45, 7) is 6.61. The molecule has 1 aromatic heterocycles. The molecule has 1 saturated heterocycles. The molecule has 2 aromatic rings. The van der Waals surface area contributed by atoms with Crippen LogP contribution in [0.1, 0.15) is 20.8 Å². The Morgan fingerprint density at radius 3 is 2.54 bits per heavy atom. The van der Waals surface area contributed by atoms with Gasteiger partial charge in [-0.25, -0.2) is 0 Å². The Bertz CT molecular complexity index is 843. The maximum absolute atomic E-state index is 12.8. The van der Waals surface area contributed by atoms with Crippen LogP contribution in [-0.4, -0.2) is 61.5 Å². The Labute approximate surface area is 164 Å². The smallest absolute Gasteiger partial charge is 0.272 e. The van der Waals surface area contributed by atoms with Gasteiger partial charge in [-0.05, 0) is 36.4 Å².